The summed E-state index contributed by atoms with van der Waals surface area (Å²) in [5.41, 5.74) is -0.0966. The molecule has 0 aliphatic carbocycles. The predicted octanol–water partition coefficient (Wildman–Crippen LogP) is 2.60. The van der Waals surface area contributed by atoms with Crippen LogP contribution in [0.4, 0.5) is 13.2 Å². The van der Waals surface area contributed by atoms with E-state index in [4.69, 9.17) is 5.11 Å². The van der Waals surface area contributed by atoms with Gasteiger partial charge in [-0.3, -0.25) is 9.59 Å². The first kappa shape index (κ1) is 19.7. The Bertz CT molecular complexity index is 576. The number of rotatable bonds is 8. The van der Waals surface area contributed by atoms with Crippen molar-refractivity contribution >= 4 is 11.9 Å². The predicted molar refractivity (Wildman–Crippen MR) is 78.8 cm³/mol. The molecule has 0 aliphatic rings. The number of halogens is 3. The van der Waals surface area contributed by atoms with Gasteiger partial charge in [0.1, 0.15) is 5.69 Å². The Balaban J connectivity index is 2.87. The lowest BCUT2D eigenvalue weighted by atomic mass is 10.2. The van der Waals surface area contributed by atoms with Crippen LogP contribution in [-0.4, -0.2) is 52.7 Å². The number of carbonyl (C=O) groups excluding carboxylic acids is 1. The number of ether oxygens (including phenoxy) is 1. The van der Waals surface area contributed by atoms with Gasteiger partial charge < -0.3 is 14.7 Å². The second-order valence-electron chi connectivity index (χ2n) is 5.55. The van der Waals surface area contributed by atoms with E-state index in [0.29, 0.717) is 6.54 Å². The molecule has 0 spiro atoms. The first-order chi connectivity index (χ1) is 11.1. The lowest BCUT2D eigenvalue weighted by molar-refractivity contribution is -0.154. The number of carbonyl (C=O) groups is 2. The normalized spacial score (nSPS) is 11.4. The molecule has 0 bridgehead atoms. The highest BCUT2D eigenvalue weighted by atomic mass is 19.4. The molecule has 24 heavy (non-hydrogen) atoms. The van der Waals surface area contributed by atoms with Crippen molar-refractivity contribution in [3.8, 4) is 5.88 Å². The zero-order chi connectivity index (χ0) is 18.3. The van der Waals surface area contributed by atoms with Crippen molar-refractivity contribution in [2.75, 3.05) is 19.7 Å². The maximum absolute atomic E-state index is 12.4. The largest absolute Gasteiger partial charge is 0.481 e. The van der Waals surface area contributed by atoms with E-state index in [9.17, 15) is 22.8 Å². The number of amides is 1. The Labute approximate surface area is 137 Å². The number of pyridine rings is 1. The molecule has 1 aromatic heterocycles. The van der Waals surface area contributed by atoms with Crippen LogP contribution in [-0.2, 0) is 4.79 Å². The van der Waals surface area contributed by atoms with Gasteiger partial charge in [0.25, 0.3) is 5.91 Å². The number of carboxylic acids is 1. The minimum Gasteiger partial charge on any atom is -0.481 e. The highest BCUT2D eigenvalue weighted by Gasteiger charge is 2.29. The molecule has 1 rings (SSSR count). The van der Waals surface area contributed by atoms with Crippen molar-refractivity contribution < 1.29 is 32.6 Å². The van der Waals surface area contributed by atoms with Gasteiger partial charge >= 0.3 is 12.1 Å². The van der Waals surface area contributed by atoms with Crippen LogP contribution in [0, 0.1) is 5.92 Å². The molecule has 0 aliphatic heterocycles. The van der Waals surface area contributed by atoms with Crippen LogP contribution in [0.2, 0.25) is 0 Å². The first-order valence-corrected chi connectivity index (χ1v) is 7.26. The SMILES string of the molecule is CC(C)CN(CCC(=O)O)C(=O)c1cccc(OCC(F)(F)F)n1. The zero-order valence-corrected chi connectivity index (χ0v) is 13.3. The number of aliphatic carboxylic acids is 1. The van der Waals surface area contributed by atoms with Crippen molar-refractivity contribution in [1.82, 2.24) is 9.88 Å². The lowest BCUT2D eigenvalue weighted by Crippen LogP contribution is -2.36. The summed E-state index contributed by atoms with van der Waals surface area (Å²) in [6.07, 6.45) is -4.74. The highest BCUT2D eigenvalue weighted by molar-refractivity contribution is 5.92. The van der Waals surface area contributed by atoms with Gasteiger partial charge in [-0.25, -0.2) is 4.98 Å². The molecule has 1 heterocycles. The van der Waals surface area contributed by atoms with E-state index in [2.05, 4.69) is 9.72 Å². The molecule has 0 radical (unpaired) electrons. The molecule has 0 fully saturated rings. The Morgan fingerprint density at radius 2 is 2.00 bits per heavy atom. The Kier molecular flexibility index (Phi) is 6.99. The van der Waals surface area contributed by atoms with Crippen molar-refractivity contribution in [3.05, 3.63) is 23.9 Å². The molecule has 6 nitrogen and oxygen atoms in total. The van der Waals surface area contributed by atoms with Gasteiger partial charge in [-0.15, -0.1) is 0 Å². The number of alkyl halides is 3. The van der Waals surface area contributed by atoms with Crippen LogP contribution in [0.15, 0.2) is 18.2 Å². The number of carboxylic acid groups (broad SMARTS) is 1. The van der Waals surface area contributed by atoms with E-state index in [1.54, 1.807) is 0 Å². The van der Waals surface area contributed by atoms with E-state index in [1.165, 1.54) is 23.1 Å². The van der Waals surface area contributed by atoms with E-state index >= 15 is 0 Å². The number of nitrogens with zero attached hydrogens (tertiary/aromatic N) is 2. The molecule has 134 valence electrons. The van der Waals surface area contributed by atoms with Gasteiger partial charge in [-0.2, -0.15) is 13.2 Å². The van der Waals surface area contributed by atoms with Gasteiger partial charge in [-0.05, 0) is 12.0 Å². The summed E-state index contributed by atoms with van der Waals surface area (Å²) in [7, 11) is 0. The lowest BCUT2D eigenvalue weighted by Gasteiger charge is -2.23. The number of hydrogen-bond acceptors (Lipinski definition) is 4. The number of hydrogen-bond donors (Lipinski definition) is 1. The Morgan fingerprint density at radius 1 is 1.33 bits per heavy atom. The number of aromatic nitrogens is 1. The summed E-state index contributed by atoms with van der Waals surface area (Å²) in [6, 6.07) is 3.92. The average molecular weight is 348 g/mol. The van der Waals surface area contributed by atoms with Crippen LogP contribution >= 0.6 is 0 Å². The maximum atomic E-state index is 12.4. The minimum absolute atomic E-state index is 0.0122. The highest BCUT2D eigenvalue weighted by Crippen LogP contribution is 2.17. The van der Waals surface area contributed by atoms with Crippen molar-refractivity contribution in [2.45, 2.75) is 26.4 Å². The van der Waals surface area contributed by atoms with Gasteiger partial charge in [0.05, 0.1) is 6.42 Å². The Morgan fingerprint density at radius 3 is 2.54 bits per heavy atom. The fourth-order valence-corrected chi connectivity index (χ4v) is 1.88. The standard InChI is InChI=1S/C15H19F3N2O4/c1-10(2)8-20(7-6-13(21)22)14(23)11-4-3-5-12(19-11)24-9-15(16,17)18/h3-5,10H,6-9H2,1-2H3,(H,21,22). The summed E-state index contributed by atoms with van der Waals surface area (Å²) < 4.78 is 41.0. The second kappa shape index (κ2) is 8.51. The molecular formula is C15H19F3N2O4. The topological polar surface area (TPSA) is 79.7 Å². The van der Waals surface area contributed by atoms with E-state index < -0.39 is 24.7 Å². The average Bonchev–Trinajstić information content (AvgIpc) is 2.48. The van der Waals surface area contributed by atoms with Gasteiger partial charge in [-0.1, -0.05) is 19.9 Å². The molecule has 0 atom stereocenters. The third-order valence-corrected chi connectivity index (χ3v) is 2.79. The molecule has 9 heteroatoms. The van der Waals surface area contributed by atoms with Crippen LogP contribution < -0.4 is 4.74 Å². The molecular weight excluding hydrogens is 329 g/mol. The summed E-state index contributed by atoms with van der Waals surface area (Å²) in [6.45, 7) is 2.50. The van der Waals surface area contributed by atoms with Gasteiger partial charge in [0, 0.05) is 19.2 Å². The first-order valence-electron chi connectivity index (χ1n) is 7.26. The maximum Gasteiger partial charge on any atom is 0.422 e. The summed E-state index contributed by atoms with van der Waals surface area (Å²) in [5, 5.41) is 8.76. The summed E-state index contributed by atoms with van der Waals surface area (Å²) >= 11 is 0. The van der Waals surface area contributed by atoms with Crippen molar-refractivity contribution in [3.63, 3.8) is 0 Å². The molecule has 0 saturated heterocycles. The molecule has 0 aromatic carbocycles. The van der Waals surface area contributed by atoms with Crippen LogP contribution in [0.25, 0.3) is 0 Å². The van der Waals surface area contributed by atoms with Crippen LogP contribution in [0.1, 0.15) is 30.8 Å². The smallest absolute Gasteiger partial charge is 0.422 e. The molecule has 1 N–H and O–H groups in total. The second-order valence-corrected chi connectivity index (χ2v) is 5.55. The zero-order valence-electron chi connectivity index (χ0n) is 13.3. The Hall–Kier alpha value is -2.32. The van der Waals surface area contributed by atoms with Crippen LogP contribution in [0.3, 0.4) is 0 Å². The quantitative estimate of drug-likeness (QED) is 0.781. The van der Waals surface area contributed by atoms with Crippen molar-refractivity contribution in [2.24, 2.45) is 5.92 Å². The molecule has 0 saturated carbocycles. The van der Waals surface area contributed by atoms with Crippen molar-refractivity contribution in [1.29, 1.82) is 0 Å². The molecule has 0 unspecified atom stereocenters. The minimum atomic E-state index is -4.51. The summed E-state index contributed by atoms with van der Waals surface area (Å²) in [5.74, 6) is -1.83. The third-order valence-electron chi connectivity index (χ3n) is 2.79. The van der Waals surface area contributed by atoms with E-state index in [0.717, 1.165) is 0 Å². The monoisotopic (exact) mass is 348 g/mol. The third kappa shape index (κ3) is 7.30. The van der Waals surface area contributed by atoms with Gasteiger partial charge in [0.15, 0.2) is 6.61 Å². The summed E-state index contributed by atoms with van der Waals surface area (Å²) in [4.78, 5) is 28.2. The fourth-order valence-electron chi connectivity index (χ4n) is 1.88. The molecule has 1 aromatic rings. The van der Waals surface area contributed by atoms with Crippen LogP contribution in [0.5, 0.6) is 5.88 Å². The van der Waals surface area contributed by atoms with E-state index in [1.807, 2.05) is 13.8 Å². The fraction of sp³-hybridized carbons (Fsp3) is 0.533. The molecule has 1 amide bonds. The van der Waals surface area contributed by atoms with E-state index in [-0.39, 0.29) is 30.5 Å². The van der Waals surface area contributed by atoms with Gasteiger partial charge in [0.2, 0.25) is 5.88 Å².